The second kappa shape index (κ2) is 14.9. The molecule has 0 fully saturated rings. The van der Waals surface area contributed by atoms with E-state index in [4.69, 9.17) is 0 Å². The maximum atomic E-state index is 14.0. The molecule has 0 saturated carbocycles. The van der Waals surface area contributed by atoms with E-state index in [0.717, 1.165) is 0 Å². The first-order chi connectivity index (χ1) is 22.1. The SMILES string of the molecule is C=C(CC(CC(=O)OCC(F)(F)F)C(=O)OCC(F)(F)F)C(=O)OCCC(F)(F)C(F)(F)C(F)(F)C(F)(F)C(F)(F)C(F)(F)C(F)(F)C(F)(F)F. The Morgan fingerprint density at radius 2 is 0.863 bits per heavy atom. The van der Waals surface area contributed by atoms with Crippen molar-refractivity contribution in [2.24, 2.45) is 5.92 Å². The van der Waals surface area contributed by atoms with Gasteiger partial charge in [-0.1, -0.05) is 6.58 Å². The van der Waals surface area contributed by atoms with E-state index in [1.807, 2.05) is 0 Å². The van der Waals surface area contributed by atoms with Crippen molar-refractivity contribution in [3.05, 3.63) is 12.2 Å². The van der Waals surface area contributed by atoms with Crippen LogP contribution in [0, 0.1) is 5.92 Å². The summed E-state index contributed by atoms with van der Waals surface area (Å²) >= 11 is 0. The average molecular weight is 812 g/mol. The largest absolute Gasteiger partial charge is 0.462 e. The fourth-order valence-corrected chi connectivity index (χ4v) is 3.04. The minimum Gasteiger partial charge on any atom is -0.462 e. The lowest BCUT2D eigenvalue weighted by molar-refractivity contribution is -0.461. The van der Waals surface area contributed by atoms with E-state index >= 15 is 0 Å². The first-order valence-electron chi connectivity index (χ1n) is 12.2. The van der Waals surface area contributed by atoms with Crippen molar-refractivity contribution >= 4 is 17.9 Å². The number of carbonyl (C=O) groups is 3. The lowest BCUT2D eigenvalue weighted by Crippen LogP contribution is -2.74. The van der Waals surface area contributed by atoms with Gasteiger partial charge in [-0.25, -0.2) is 4.79 Å². The van der Waals surface area contributed by atoms with Crippen molar-refractivity contribution < 1.29 is 130 Å². The molecule has 0 aliphatic rings. The van der Waals surface area contributed by atoms with E-state index < -0.39 is 128 Å². The smallest absolute Gasteiger partial charge is 0.460 e. The van der Waals surface area contributed by atoms with Crippen molar-refractivity contribution in [1.82, 2.24) is 0 Å². The number of rotatable bonds is 17. The van der Waals surface area contributed by atoms with Gasteiger partial charge in [-0.05, 0) is 6.42 Å². The molecule has 1 unspecified atom stereocenters. The lowest BCUT2D eigenvalue weighted by Gasteiger charge is -2.42. The first kappa shape index (κ1) is 47.5. The van der Waals surface area contributed by atoms with Crippen LogP contribution in [0.3, 0.4) is 0 Å². The third kappa shape index (κ3) is 10.3. The normalized spacial score (nSPS) is 15.3. The van der Waals surface area contributed by atoms with Gasteiger partial charge in [0, 0.05) is 5.57 Å². The summed E-state index contributed by atoms with van der Waals surface area (Å²) in [5.41, 5.74) is -1.41. The van der Waals surface area contributed by atoms with Gasteiger partial charge in [-0.2, -0.15) is 101 Å². The van der Waals surface area contributed by atoms with E-state index in [1.54, 1.807) is 0 Å². The summed E-state index contributed by atoms with van der Waals surface area (Å²) in [5.74, 6) is -67.5. The summed E-state index contributed by atoms with van der Waals surface area (Å²) < 4.78 is 311. The summed E-state index contributed by atoms with van der Waals surface area (Å²) in [6.45, 7) is -4.54. The predicted octanol–water partition coefficient (Wildman–Crippen LogP) is 8.09. The van der Waals surface area contributed by atoms with Crippen LogP contribution in [0.5, 0.6) is 0 Å². The van der Waals surface area contributed by atoms with Crippen LogP contribution in [-0.2, 0) is 28.6 Å². The second-order valence-corrected chi connectivity index (χ2v) is 9.74. The van der Waals surface area contributed by atoms with E-state index in [-0.39, 0.29) is 0 Å². The molecule has 0 spiro atoms. The van der Waals surface area contributed by atoms with Gasteiger partial charge in [0.2, 0.25) is 0 Å². The van der Waals surface area contributed by atoms with Gasteiger partial charge in [0.25, 0.3) is 0 Å². The van der Waals surface area contributed by atoms with E-state index in [0.29, 0.717) is 0 Å². The van der Waals surface area contributed by atoms with Gasteiger partial charge in [0.15, 0.2) is 13.2 Å². The monoisotopic (exact) mass is 812 g/mol. The summed E-state index contributed by atoms with van der Waals surface area (Å²) in [6.07, 6.45) is -24.9. The molecule has 51 heavy (non-hydrogen) atoms. The highest BCUT2D eigenvalue weighted by Crippen LogP contribution is 2.64. The Morgan fingerprint density at radius 1 is 0.490 bits per heavy atom. The van der Waals surface area contributed by atoms with Crippen molar-refractivity contribution in [3.63, 3.8) is 0 Å². The van der Waals surface area contributed by atoms with Crippen LogP contribution < -0.4 is 0 Å². The number of carbonyl (C=O) groups excluding carboxylic acids is 3. The minimum absolute atomic E-state index is 1.41. The average Bonchev–Trinajstić information content (AvgIpc) is 2.92. The fraction of sp³-hybridized carbons (Fsp3) is 0.773. The molecule has 0 heterocycles. The van der Waals surface area contributed by atoms with Gasteiger partial charge in [0.1, 0.15) is 0 Å². The van der Waals surface area contributed by atoms with Crippen molar-refractivity contribution in [1.29, 1.82) is 0 Å². The van der Waals surface area contributed by atoms with E-state index in [2.05, 4.69) is 20.8 Å². The zero-order chi connectivity index (χ0) is 41.3. The molecule has 6 nitrogen and oxygen atoms in total. The van der Waals surface area contributed by atoms with Crippen LogP contribution >= 0.6 is 0 Å². The first-order valence-corrected chi connectivity index (χ1v) is 12.2. The summed E-state index contributed by atoms with van der Waals surface area (Å²) in [5, 5.41) is 0. The predicted molar refractivity (Wildman–Crippen MR) is 112 cm³/mol. The maximum absolute atomic E-state index is 14.0. The third-order valence-corrected chi connectivity index (χ3v) is 5.74. The number of esters is 3. The molecule has 0 rings (SSSR count). The molecular formula is C22H15F23O6. The molecule has 29 heteroatoms. The Bertz CT molecular complexity index is 1260. The zero-order valence-corrected chi connectivity index (χ0v) is 23.7. The molecule has 300 valence electrons. The molecule has 0 bridgehead atoms. The molecule has 0 radical (unpaired) electrons. The third-order valence-electron chi connectivity index (χ3n) is 5.74. The summed E-state index contributed by atoms with van der Waals surface area (Å²) in [7, 11) is 0. The fourth-order valence-electron chi connectivity index (χ4n) is 3.04. The number of halogens is 23. The lowest BCUT2D eigenvalue weighted by atomic mass is 9.88. The molecule has 0 amide bonds. The molecular weight excluding hydrogens is 797 g/mol. The molecule has 0 N–H and O–H groups in total. The molecule has 0 aromatic rings. The van der Waals surface area contributed by atoms with Crippen LogP contribution in [0.15, 0.2) is 12.2 Å². The summed E-state index contributed by atoms with van der Waals surface area (Å²) in [6, 6.07) is 0. The van der Waals surface area contributed by atoms with Crippen LogP contribution in [0.2, 0.25) is 0 Å². The van der Waals surface area contributed by atoms with E-state index in [1.165, 1.54) is 0 Å². The van der Waals surface area contributed by atoms with Gasteiger partial charge in [0.05, 0.1) is 25.4 Å². The van der Waals surface area contributed by atoms with Gasteiger partial charge < -0.3 is 14.2 Å². The van der Waals surface area contributed by atoms with Crippen molar-refractivity contribution in [3.8, 4) is 0 Å². The molecule has 1 atom stereocenters. The number of alkyl halides is 23. The summed E-state index contributed by atoms with van der Waals surface area (Å²) in [4.78, 5) is 35.4. The Morgan fingerprint density at radius 3 is 1.25 bits per heavy atom. The molecule has 0 aromatic carbocycles. The second-order valence-electron chi connectivity index (χ2n) is 9.74. The Kier molecular flexibility index (Phi) is 13.9. The molecule has 0 aliphatic carbocycles. The van der Waals surface area contributed by atoms with Gasteiger partial charge in [-0.3, -0.25) is 9.59 Å². The van der Waals surface area contributed by atoms with Crippen LogP contribution in [0.25, 0.3) is 0 Å². The highest BCUT2D eigenvalue weighted by atomic mass is 19.4. The zero-order valence-electron chi connectivity index (χ0n) is 23.7. The Balaban J connectivity index is 6.04. The van der Waals surface area contributed by atoms with Crippen molar-refractivity contribution in [2.45, 2.75) is 79.2 Å². The Hall–Kier alpha value is -3.46. The maximum Gasteiger partial charge on any atom is 0.460 e. The quantitative estimate of drug-likeness (QED) is 0.0640. The number of hydrogen-bond acceptors (Lipinski definition) is 6. The number of ether oxygens (including phenoxy) is 3. The highest BCUT2D eigenvalue weighted by molar-refractivity contribution is 5.89. The molecule has 0 saturated heterocycles. The molecule has 0 aliphatic heterocycles. The highest BCUT2D eigenvalue weighted by Gasteiger charge is 2.95. The Labute approximate surface area is 265 Å². The van der Waals surface area contributed by atoms with Gasteiger partial charge in [-0.15, -0.1) is 0 Å². The van der Waals surface area contributed by atoms with E-state index in [9.17, 15) is 115 Å². The standard InChI is InChI=1S/C22H15F23O6/c1-8(4-9(12(48)51-7-15(28,29)30)5-10(46)50-6-14(25,26)27)11(47)49-3-2-13(23,24)16(31,32)17(33,34)18(35,36)19(37,38)20(39,40)21(41,42)22(43,44)45/h9H,1-7H2. The number of hydrogen-bond donors (Lipinski definition) is 0. The molecule has 0 aromatic heterocycles. The topological polar surface area (TPSA) is 78.9 Å². The van der Waals surface area contributed by atoms with Crippen LogP contribution in [-0.4, -0.2) is 97.7 Å². The van der Waals surface area contributed by atoms with Gasteiger partial charge >= 0.3 is 77.9 Å². The van der Waals surface area contributed by atoms with Crippen molar-refractivity contribution in [2.75, 3.05) is 19.8 Å². The van der Waals surface area contributed by atoms with Crippen LogP contribution in [0.4, 0.5) is 101 Å². The minimum atomic E-state index is -8.89. The van der Waals surface area contributed by atoms with Crippen LogP contribution in [0.1, 0.15) is 19.3 Å².